The van der Waals surface area contributed by atoms with Crippen LogP contribution in [-0.4, -0.2) is 30.0 Å². The van der Waals surface area contributed by atoms with Gasteiger partial charge in [-0.15, -0.1) is 0 Å². The van der Waals surface area contributed by atoms with Crippen molar-refractivity contribution in [3.63, 3.8) is 0 Å². The van der Waals surface area contributed by atoms with Gasteiger partial charge in [0, 0.05) is 18.0 Å². The summed E-state index contributed by atoms with van der Waals surface area (Å²) in [5.41, 5.74) is 1.20. The van der Waals surface area contributed by atoms with E-state index in [0.29, 0.717) is 12.1 Å². The van der Waals surface area contributed by atoms with E-state index in [2.05, 4.69) is 11.4 Å². The van der Waals surface area contributed by atoms with Crippen molar-refractivity contribution in [2.75, 3.05) is 19.8 Å². The quantitative estimate of drug-likeness (QED) is 0.707. The summed E-state index contributed by atoms with van der Waals surface area (Å²) in [6.07, 6.45) is 0. The van der Waals surface area contributed by atoms with E-state index in [0.717, 1.165) is 5.56 Å². The minimum atomic E-state index is -0.513. The van der Waals surface area contributed by atoms with Crippen molar-refractivity contribution >= 4 is 0 Å². The highest BCUT2D eigenvalue weighted by Crippen LogP contribution is 2.17. The Labute approximate surface area is 108 Å². The summed E-state index contributed by atoms with van der Waals surface area (Å²) in [4.78, 5) is 0. The maximum Gasteiger partial charge on any atom is 0.0991 e. The number of benzene rings is 1. The summed E-state index contributed by atoms with van der Waals surface area (Å²) in [7, 11) is 0. The number of rotatable bonds is 6. The van der Waals surface area contributed by atoms with E-state index in [9.17, 15) is 10.2 Å². The summed E-state index contributed by atoms with van der Waals surface area (Å²) < 4.78 is 0. The summed E-state index contributed by atoms with van der Waals surface area (Å²) in [6.45, 7) is 4.25. The predicted molar refractivity (Wildman–Crippen MR) is 69.9 cm³/mol. The number of aliphatic hydroxyl groups excluding tert-OH is 2. The Kier molecular flexibility index (Phi) is 5.29. The van der Waals surface area contributed by atoms with Gasteiger partial charge in [-0.25, -0.2) is 0 Å². The van der Waals surface area contributed by atoms with Crippen LogP contribution in [0.1, 0.15) is 31.0 Å². The van der Waals surface area contributed by atoms with Crippen molar-refractivity contribution in [2.45, 2.75) is 19.9 Å². The van der Waals surface area contributed by atoms with E-state index >= 15 is 0 Å². The molecule has 3 N–H and O–H groups in total. The standard InChI is InChI=1S/C14H20N2O2/c1-11(16-8-14(2,9-17)10-18)13-5-3-12(7-15)4-6-13/h3-6,11,16-18H,8-10H2,1-2H3. The zero-order chi connectivity index (χ0) is 13.6. The van der Waals surface area contributed by atoms with E-state index in [4.69, 9.17) is 5.26 Å². The first-order valence-electron chi connectivity index (χ1n) is 6.00. The minimum Gasteiger partial charge on any atom is -0.396 e. The first-order chi connectivity index (χ1) is 8.54. The molecule has 1 rings (SSSR count). The highest BCUT2D eigenvalue weighted by atomic mass is 16.3. The molecule has 0 saturated heterocycles. The van der Waals surface area contributed by atoms with Gasteiger partial charge in [-0.3, -0.25) is 0 Å². The molecule has 0 amide bonds. The molecule has 0 aliphatic heterocycles. The smallest absolute Gasteiger partial charge is 0.0991 e. The number of hydrogen-bond donors (Lipinski definition) is 3. The van der Waals surface area contributed by atoms with Gasteiger partial charge in [-0.05, 0) is 24.6 Å². The average molecular weight is 248 g/mol. The molecule has 0 saturated carbocycles. The highest BCUT2D eigenvalue weighted by molar-refractivity contribution is 5.32. The van der Waals surface area contributed by atoms with Gasteiger partial charge >= 0.3 is 0 Å². The SMILES string of the molecule is CC(NCC(C)(CO)CO)c1ccc(C#N)cc1. The predicted octanol–water partition coefficient (Wildman–Crippen LogP) is 1.20. The van der Waals surface area contributed by atoms with Crippen molar-refractivity contribution in [1.29, 1.82) is 5.26 Å². The Morgan fingerprint density at radius 2 is 1.83 bits per heavy atom. The molecule has 0 bridgehead atoms. The monoisotopic (exact) mass is 248 g/mol. The molecular weight excluding hydrogens is 228 g/mol. The number of hydrogen-bond acceptors (Lipinski definition) is 4. The van der Waals surface area contributed by atoms with Crippen LogP contribution in [0.5, 0.6) is 0 Å². The van der Waals surface area contributed by atoms with Gasteiger partial charge in [0.2, 0.25) is 0 Å². The minimum absolute atomic E-state index is 0.0589. The van der Waals surface area contributed by atoms with Crippen molar-refractivity contribution < 1.29 is 10.2 Å². The van der Waals surface area contributed by atoms with E-state index in [1.54, 1.807) is 12.1 Å². The van der Waals surface area contributed by atoms with Crippen molar-refractivity contribution in [1.82, 2.24) is 5.32 Å². The molecule has 1 atom stereocenters. The lowest BCUT2D eigenvalue weighted by Gasteiger charge is -2.27. The second-order valence-electron chi connectivity index (χ2n) is 4.96. The lowest BCUT2D eigenvalue weighted by Crippen LogP contribution is -2.38. The van der Waals surface area contributed by atoms with Crippen LogP contribution in [0.2, 0.25) is 0 Å². The average Bonchev–Trinajstić information content (AvgIpc) is 2.44. The fourth-order valence-electron chi connectivity index (χ4n) is 1.53. The van der Waals surface area contributed by atoms with Crippen LogP contribution in [0.25, 0.3) is 0 Å². The summed E-state index contributed by atoms with van der Waals surface area (Å²) in [5.74, 6) is 0. The molecule has 0 radical (unpaired) electrons. The third-order valence-electron chi connectivity index (χ3n) is 3.14. The van der Waals surface area contributed by atoms with Crippen LogP contribution < -0.4 is 5.32 Å². The Bertz CT molecular complexity index is 405. The summed E-state index contributed by atoms with van der Waals surface area (Å²) in [6, 6.07) is 9.57. The number of nitriles is 1. The van der Waals surface area contributed by atoms with Gasteiger partial charge < -0.3 is 15.5 Å². The third-order valence-corrected chi connectivity index (χ3v) is 3.14. The molecular formula is C14H20N2O2. The molecule has 18 heavy (non-hydrogen) atoms. The van der Waals surface area contributed by atoms with Crippen LogP contribution in [0.3, 0.4) is 0 Å². The van der Waals surface area contributed by atoms with Crippen molar-refractivity contribution in [2.24, 2.45) is 5.41 Å². The van der Waals surface area contributed by atoms with Gasteiger partial charge in [0.1, 0.15) is 0 Å². The first-order valence-corrected chi connectivity index (χ1v) is 6.00. The van der Waals surface area contributed by atoms with Gasteiger partial charge in [0.05, 0.1) is 24.8 Å². The highest BCUT2D eigenvalue weighted by Gasteiger charge is 2.22. The zero-order valence-electron chi connectivity index (χ0n) is 10.8. The van der Waals surface area contributed by atoms with E-state index < -0.39 is 5.41 Å². The topological polar surface area (TPSA) is 76.3 Å². The van der Waals surface area contributed by atoms with E-state index in [1.165, 1.54) is 0 Å². The Morgan fingerprint density at radius 3 is 2.28 bits per heavy atom. The van der Waals surface area contributed by atoms with Crippen molar-refractivity contribution in [3.05, 3.63) is 35.4 Å². The van der Waals surface area contributed by atoms with Crippen LogP contribution in [0.15, 0.2) is 24.3 Å². The van der Waals surface area contributed by atoms with Gasteiger partial charge in [0.25, 0.3) is 0 Å². The van der Waals surface area contributed by atoms with Crippen molar-refractivity contribution in [3.8, 4) is 6.07 Å². The second kappa shape index (κ2) is 6.50. The molecule has 0 heterocycles. The normalized spacial score (nSPS) is 13.1. The number of nitrogens with zero attached hydrogens (tertiary/aromatic N) is 1. The molecule has 98 valence electrons. The fraction of sp³-hybridized carbons (Fsp3) is 0.500. The Hall–Kier alpha value is -1.41. The van der Waals surface area contributed by atoms with Crippen LogP contribution >= 0.6 is 0 Å². The van der Waals surface area contributed by atoms with Crippen LogP contribution in [0, 0.1) is 16.7 Å². The molecule has 0 aromatic heterocycles. The lowest BCUT2D eigenvalue weighted by atomic mass is 9.92. The molecule has 4 heteroatoms. The summed E-state index contributed by atoms with van der Waals surface area (Å²) >= 11 is 0. The third kappa shape index (κ3) is 3.81. The van der Waals surface area contributed by atoms with E-state index in [1.807, 2.05) is 26.0 Å². The number of aliphatic hydroxyl groups is 2. The zero-order valence-corrected chi connectivity index (χ0v) is 10.8. The molecule has 1 aromatic carbocycles. The maximum atomic E-state index is 9.20. The molecule has 0 fully saturated rings. The molecule has 0 aliphatic carbocycles. The maximum absolute atomic E-state index is 9.20. The Morgan fingerprint density at radius 1 is 1.28 bits per heavy atom. The first kappa shape index (κ1) is 14.7. The van der Waals surface area contributed by atoms with Gasteiger partial charge in [0.15, 0.2) is 0 Å². The molecule has 4 nitrogen and oxygen atoms in total. The second-order valence-corrected chi connectivity index (χ2v) is 4.96. The largest absolute Gasteiger partial charge is 0.396 e. The molecule has 0 aliphatic rings. The van der Waals surface area contributed by atoms with Gasteiger partial charge in [-0.1, -0.05) is 19.1 Å². The molecule has 0 spiro atoms. The van der Waals surface area contributed by atoms with Crippen LogP contribution in [0.4, 0.5) is 0 Å². The lowest BCUT2D eigenvalue weighted by molar-refractivity contribution is 0.0677. The number of nitrogens with one attached hydrogen (secondary N) is 1. The van der Waals surface area contributed by atoms with Gasteiger partial charge in [-0.2, -0.15) is 5.26 Å². The Balaban J connectivity index is 2.60. The molecule has 1 aromatic rings. The fourth-order valence-corrected chi connectivity index (χ4v) is 1.53. The van der Waals surface area contributed by atoms with Crippen LogP contribution in [-0.2, 0) is 0 Å². The molecule has 1 unspecified atom stereocenters. The van der Waals surface area contributed by atoms with E-state index in [-0.39, 0.29) is 19.3 Å². The summed E-state index contributed by atoms with van der Waals surface area (Å²) in [5, 5.41) is 30.4.